The van der Waals surface area contributed by atoms with Crippen molar-refractivity contribution in [3.63, 3.8) is 0 Å². The second-order valence-electron chi connectivity index (χ2n) is 3.03. The number of rotatable bonds is 4. The Balaban J connectivity index is 2.54. The summed E-state index contributed by atoms with van der Waals surface area (Å²) < 4.78 is 29.5. The molecule has 0 fully saturated rings. The van der Waals surface area contributed by atoms with Crippen LogP contribution in [0.4, 0.5) is 0 Å². The van der Waals surface area contributed by atoms with E-state index in [0.29, 0.717) is 12.1 Å². The first kappa shape index (κ1) is 11.1. The van der Waals surface area contributed by atoms with Gasteiger partial charge in [0, 0.05) is 24.4 Å². The van der Waals surface area contributed by atoms with Gasteiger partial charge in [-0.3, -0.25) is 9.54 Å². The lowest BCUT2D eigenvalue weighted by Crippen LogP contribution is -2.31. The van der Waals surface area contributed by atoms with Crippen LogP contribution >= 0.6 is 0 Å². The van der Waals surface area contributed by atoms with Gasteiger partial charge in [0.25, 0.3) is 10.1 Å². The maximum Gasteiger partial charge on any atom is 0.266 e. The smallest absolute Gasteiger partial charge is 0.266 e. The van der Waals surface area contributed by atoms with Gasteiger partial charge in [-0.2, -0.15) is 8.42 Å². The van der Waals surface area contributed by atoms with E-state index in [4.69, 9.17) is 10.3 Å². The Morgan fingerprint density at radius 3 is 2.71 bits per heavy atom. The van der Waals surface area contributed by atoms with Gasteiger partial charge in [-0.05, 0) is 12.1 Å². The molecule has 0 amide bonds. The normalized spacial score (nSPS) is 13.9. The average molecular weight is 216 g/mol. The van der Waals surface area contributed by atoms with Gasteiger partial charge in [0.2, 0.25) is 0 Å². The number of pyridine rings is 1. The Kier molecular flexibility index (Phi) is 3.56. The van der Waals surface area contributed by atoms with E-state index in [0.717, 1.165) is 0 Å². The lowest BCUT2D eigenvalue weighted by molar-refractivity contribution is 0.476. The zero-order chi connectivity index (χ0) is 10.6. The first-order valence-electron chi connectivity index (χ1n) is 4.08. The summed E-state index contributed by atoms with van der Waals surface area (Å²) in [5, 5.41) is 0. The van der Waals surface area contributed by atoms with Crippen molar-refractivity contribution in [2.24, 2.45) is 5.73 Å². The Bertz CT molecular complexity index is 377. The Hall–Kier alpha value is -0.980. The van der Waals surface area contributed by atoms with E-state index in [-0.39, 0.29) is 0 Å². The molecule has 0 aliphatic carbocycles. The molecule has 5 nitrogen and oxygen atoms in total. The van der Waals surface area contributed by atoms with Crippen LogP contribution in [0.2, 0.25) is 0 Å². The number of hydrogen-bond acceptors (Lipinski definition) is 4. The van der Waals surface area contributed by atoms with Crippen molar-refractivity contribution in [2.45, 2.75) is 12.5 Å². The van der Waals surface area contributed by atoms with Gasteiger partial charge in [0.05, 0.1) is 5.75 Å². The summed E-state index contributed by atoms with van der Waals surface area (Å²) >= 11 is 0. The molecule has 1 atom stereocenters. The number of hydrogen-bond donors (Lipinski definition) is 2. The Morgan fingerprint density at radius 2 is 2.21 bits per heavy atom. The summed E-state index contributed by atoms with van der Waals surface area (Å²) in [7, 11) is -4.00. The molecule has 1 rings (SSSR count). The van der Waals surface area contributed by atoms with Crippen LogP contribution in [0.1, 0.15) is 5.69 Å². The van der Waals surface area contributed by atoms with Crippen LogP contribution in [-0.2, 0) is 16.5 Å². The van der Waals surface area contributed by atoms with Crippen LogP contribution in [-0.4, -0.2) is 29.7 Å². The van der Waals surface area contributed by atoms with Crippen molar-refractivity contribution in [3.05, 3.63) is 30.1 Å². The highest BCUT2D eigenvalue weighted by Crippen LogP contribution is 1.99. The lowest BCUT2D eigenvalue weighted by atomic mass is 10.2. The first-order chi connectivity index (χ1) is 6.47. The minimum atomic E-state index is -4.00. The van der Waals surface area contributed by atoms with Crippen molar-refractivity contribution in [1.82, 2.24) is 4.98 Å². The lowest BCUT2D eigenvalue weighted by Gasteiger charge is -2.08. The fourth-order valence-electron chi connectivity index (χ4n) is 1.12. The third-order valence-electron chi connectivity index (χ3n) is 1.62. The molecule has 78 valence electrons. The standard InChI is InChI=1S/C8H12N2O3S/c9-7(6-14(11,12)13)5-8-3-1-2-4-10-8/h1-4,7H,5-6,9H2,(H,11,12,13). The third kappa shape index (κ3) is 4.31. The fourth-order valence-corrected chi connectivity index (χ4v) is 1.78. The van der Waals surface area contributed by atoms with E-state index in [1.807, 2.05) is 0 Å². The zero-order valence-corrected chi connectivity index (χ0v) is 8.31. The molecular formula is C8H12N2O3S. The van der Waals surface area contributed by atoms with E-state index in [2.05, 4.69) is 4.98 Å². The first-order valence-corrected chi connectivity index (χ1v) is 5.69. The second kappa shape index (κ2) is 4.50. The number of nitrogens with zero attached hydrogens (tertiary/aromatic N) is 1. The van der Waals surface area contributed by atoms with E-state index < -0.39 is 21.9 Å². The predicted molar refractivity (Wildman–Crippen MR) is 52.3 cm³/mol. The zero-order valence-electron chi connectivity index (χ0n) is 7.50. The molecule has 0 aliphatic heterocycles. The summed E-state index contributed by atoms with van der Waals surface area (Å²) in [6, 6.07) is 4.68. The molecule has 6 heteroatoms. The summed E-state index contributed by atoms with van der Waals surface area (Å²) in [6.45, 7) is 0. The van der Waals surface area contributed by atoms with E-state index in [1.165, 1.54) is 0 Å². The summed E-state index contributed by atoms with van der Waals surface area (Å²) in [5.41, 5.74) is 6.22. The van der Waals surface area contributed by atoms with E-state index >= 15 is 0 Å². The molecule has 3 N–H and O–H groups in total. The van der Waals surface area contributed by atoms with Crippen LogP contribution in [0, 0.1) is 0 Å². The molecule has 0 bridgehead atoms. The molecule has 1 aromatic rings. The fraction of sp³-hybridized carbons (Fsp3) is 0.375. The molecule has 0 saturated carbocycles. The van der Waals surface area contributed by atoms with Crippen molar-refractivity contribution in [2.75, 3.05) is 5.75 Å². The van der Waals surface area contributed by atoms with Gasteiger partial charge in [0.15, 0.2) is 0 Å². The van der Waals surface area contributed by atoms with Gasteiger partial charge >= 0.3 is 0 Å². The molecule has 1 unspecified atom stereocenters. The largest absolute Gasteiger partial charge is 0.326 e. The highest BCUT2D eigenvalue weighted by atomic mass is 32.2. The summed E-state index contributed by atoms with van der Waals surface area (Å²) in [4.78, 5) is 3.99. The molecule has 14 heavy (non-hydrogen) atoms. The minimum Gasteiger partial charge on any atom is -0.326 e. The van der Waals surface area contributed by atoms with Crippen molar-refractivity contribution < 1.29 is 13.0 Å². The average Bonchev–Trinajstić information content (AvgIpc) is 2.02. The van der Waals surface area contributed by atoms with Crippen molar-refractivity contribution >= 4 is 10.1 Å². The molecule has 1 aromatic heterocycles. The molecule has 1 heterocycles. The van der Waals surface area contributed by atoms with E-state index in [9.17, 15) is 8.42 Å². The SMILES string of the molecule is NC(Cc1ccccn1)CS(=O)(=O)O. The quantitative estimate of drug-likeness (QED) is 0.682. The van der Waals surface area contributed by atoms with Gasteiger partial charge < -0.3 is 5.73 Å². The Labute approximate surface area is 82.7 Å². The molecule has 0 saturated heterocycles. The third-order valence-corrected chi connectivity index (χ3v) is 2.47. The highest BCUT2D eigenvalue weighted by Gasteiger charge is 2.13. The molecule has 0 aliphatic rings. The van der Waals surface area contributed by atoms with Gasteiger partial charge in [-0.1, -0.05) is 6.07 Å². The van der Waals surface area contributed by atoms with E-state index in [1.54, 1.807) is 24.4 Å². The second-order valence-corrected chi connectivity index (χ2v) is 4.53. The van der Waals surface area contributed by atoms with Gasteiger partial charge in [-0.15, -0.1) is 0 Å². The minimum absolute atomic E-state index is 0.334. The van der Waals surface area contributed by atoms with Crippen molar-refractivity contribution in [1.29, 1.82) is 0 Å². The van der Waals surface area contributed by atoms with Gasteiger partial charge in [0.1, 0.15) is 0 Å². The van der Waals surface area contributed by atoms with Crippen LogP contribution in [0.3, 0.4) is 0 Å². The summed E-state index contributed by atoms with van der Waals surface area (Å²) in [6.07, 6.45) is 1.94. The van der Waals surface area contributed by atoms with Crippen LogP contribution in [0.15, 0.2) is 24.4 Å². The molecule has 0 spiro atoms. The van der Waals surface area contributed by atoms with Crippen LogP contribution < -0.4 is 5.73 Å². The highest BCUT2D eigenvalue weighted by molar-refractivity contribution is 7.85. The van der Waals surface area contributed by atoms with Crippen molar-refractivity contribution in [3.8, 4) is 0 Å². The topological polar surface area (TPSA) is 93.3 Å². The maximum absolute atomic E-state index is 10.5. The number of nitrogens with two attached hydrogens (primary N) is 1. The molecular weight excluding hydrogens is 204 g/mol. The van der Waals surface area contributed by atoms with Crippen LogP contribution in [0.25, 0.3) is 0 Å². The van der Waals surface area contributed by atoms with Crippen LogP contribution in [0.5, 0.6) is 0 Å². The maximum atomic E-state index is 10.5. The molecule has 0 aromatic carbocycles. The Morgan fingerprint density at radius 1 is 1.50 bits per heavy atom. The summed E-state index contributed by atoms with van der Waals surface area (Å²) in [5.74, 6) is -0.441. The predicted octanol–water partition coefficient (Wildman–Crippen LogP) is -0.161. The monoisotopic (exact) mass is 216 g/mol. The molecule has 0 radical (unpaired) electrons. The van der Waals surface area contributed by atoms with Gasteiger partial charge in [-0.25, -0.2) is 0 Å². The number of aromatic nitrogens is 1.